The number of hydrogen-bond acceptors (Lipinski definition) is 9. The Balaban J connectivity index is 1.40. The lowest BCUT2D eigenvalue weighted by Crippen LogP contribution is -2.50. The molecular formula is C20H25N9O. The second-order valence-electron chi connectivity index (χ2n) is 8.17. The Labute approximate surface area is 175 Å². The van der Waals surface area contributed by atoms with E-state index in [1.165, 1.54) is 6.20 Å². The molecule has 0 bridgehead atoms. The van der Waals surface area contributed by atoms with E-state index < -0.39 is 0 Å². The predicted octanol–water partition coefficient (Wildman–Crippen LogP) is 1.91. The van der Waals surface area contributed by atoms with Crippen molar-refractivity contribution in [3.8, 4) is 6.07 Å². The number of likely N-dealkylation sites (N-methyl/N-ethyl adjacent to an activating group) is 1. The molecule has 1 atom stereocenters. The molecule has 2 aliphatic rings. The number of nitriles is 1. The van der Waals surface area contributed by atoms with Gasteiger partial charge in [-0.3, -0.25) is 4.79 Å². The van der Waals surface area contributed by atoms with Crippen molar-refractivity contribution in [3.63, 3.8) is 0 Å². The van der Waals surface area contributed by atoms with Crippen molar-refractivity contribution >= 4 is 29.2 Å². The Bertz CT molecular complexity index is 993. The van der Waals surface area contributed by atoms with Gasteiger partial charge in [0.2, 0.25) is 11.9 Å². The third-order valence-corrected chi connectivity index (χ3v) is 5.56. The number of carbonyl (C=O) groups is 1. The third kappa shape index (κ3) is 3.70. The standard InChI is InChI=1S/C20H25N9O/c1-10(2)17-19(30)27-16-11(3)24-20(28-18(16)29(17)4)26-13-5-12(6-13)25-15-9-22-14(7-21)8-23-15/h8-10,12-13,17H,5-6H2,1-4H3,(H,23,25)(H,27,30)(H,24,26,28)/t12-,13+,17?. The quantitative estimate of drug-likeness (QED) is 0.680. The van der Waals surface area contributed by atoms with Gasteiger partial charge in [-0.2, -0.15) is 10.2 Å². The molecule has 3 N–H and O–H groups in total. The lowest BCUT2D eigenvalue weighted by atomic mass is 9.87. The van der Waals surface area contributed by atoms with Crippen LogP contribution >= 0.6 is 0 Å². The van der Waals surface area contributed by atoms with Crippen molar-refractivity contribution in [3.05, 3.63) is 23.8 Å². The fraction of sp³-hybridized carbons (Fsp3) is 0.500. The maximum atomic E-state index is 12.4. The molecular weight excluding hydrogens is 382 g/mol. The first kappa shape index (κ1) is 19.8. The largest absolute Gasteiger partial charge is 0.366 e. The number of rotatable bonds is 5. The van der Waals surface area contributed by atoms with Crippen LogP contribution in [0.2, 0.25) is 0 Å². The van der Waals surface area contributed by atoms with E-state index in [9.17, 15) is 4.79 Å². The zero-order chi connectivity index (χ0) is 21.4. The van der Waals surface area contributed by atoms with Crippen LogP contribution in [0.15, 0.2) is 12.4 Å². The maximum absolute atomic E-state index is 12.4. The van der Waals surface area contributed by atoms with Crippen LogP contribution in [0.5, 0.6) is 0 Å². The molecule has 0 spiro atoms. The van der Waals surface area contributed by atoms with Gasteiger partial charge in [0.15, 0.2) is 11.5 Å². The number of carbonyl (C=O) groups excluding carboxylic acids is 1. The van der Waals surface area contributed by atoms with Gasteiger partial charge in [-0.05, 0) is 25.7 Å². The van der Waals surface area contributed by atoms with E-state index in [0.29, 0.717) is 23.1 Å². The molecule has 0 radical (unpaired) electrons. The van der Waals surface area contributed by atoms with Gasteiger partial charge in [-0.1, -0.05) is 13.8 Å². The zero-order valence-electron chi connectivity index (χ0n) is 17.5. The number of fused-ring (bicyclic) bond motifs is 1. The van der Waals surface area contributed by atoms with E-state index in [-0.39, 0.29) is 30.0 Å². The van der Waals surface area contributed by atoms with Crippen LogP contribution < -0.4 is 20.9 Å². The summed E-state index contributed by atoms with van der Waals surface area (Å²) in [5.41, 5.74) is 1.72. The topological polar surface area (TPSA) is 132 Å². The molecule has 4 rings (SSSR count). The summed E-state index contributed by atoms with van der Waals surface area (Å²) in [6, 6.07) is 2.22. The van der Waals surface area contributed by atoms with Crippen LogP contribution in [0, 0.1) is 24.2 Å². The minimum atomic E-state index is -0.259. The number of amides is 1. The number of anilines is 4. The minimum absolute atomic E-state index is 0.0220. The van der Waals surface area contributed by atoms with E-state index in [4.69, 9.17) is 5.26 Å². The average Bonchev–Trinajstić information content (AvgIpc) is 2.67. The molecule has 0 aromatic carbocycles. The SMILES string of the molecule is Cc1nc(N[C@H]2C[C@@H](Nc3cnc(C#N)cn3)C2)nc2c1NC(=O)C(C(C)C)N2C. The number of nitrogens with one attached hydrogen (secondary N) is 3. The smallest absolute Gasteiger partial charge is 0.247 e. The summed E-state index contributed by atoms with van der Waals surface area (Å²) in [5, 5.41) is 18.5. The summed E-state index contributed by atoms with van der Waals surface area (Å²) in [4.78, 5) is 31.8. The van der Waals surface area contributed by atoms with E-state index >= 15 is 0 Å². The molecule has 3 heterocycles. The molecule has 1 aliphatic carbocycles. The van der Waals surface area contributed by atoms with E-state index in [0.717, 1.165) is 24.4 Å². The highest BCUT2D eigenvalue weighted by atomic mass is 16.2. The van der Waals surface area contributed by atoms with Crippen LogP contribution in [0.4, 0.5) is 23.3 Å². The molecule has 156 valence electrons. The van der Waals surface area contributed by atoms with Crippen LogP contribution in [0.1, 0.15) is 38.1 Å². The van der Waals surface area contributed by atoms with Gasteiger partial charge >= 0.3 is 0 Å². The summed E-state index contributed by atoms with van der Waals surface area (Å²) < 4.78 is 0. The predicted molar refractivity (Wildman–Crippen MR) is 113 cm³/mol. The van der Waals surface area contributed by atoms with Gasteiger partial charge in [0, 0.05) is 19.1 Å². The fourth-order valence-corrected chi connectivity index (χ4v) is 3.98. The highest BCUT2D eigenvalue weighted by molar-refractivity contribution is 6.03. The summed E-state index contributed by atoms with van der Waals surface area (Å²) in [6.45, 7) is 5.93. The van der Waals surface area contributed by atoms with Gasteiger partial charge in [0.1, 0.15) is 23.6 Å². The van der Waals surface area contributed by atoms with Crippen LogP contribution in [-0.4, -0.2) is 51.0 Å². The van der Waals surface area contributed by atoms with E-state index in [1.54, 1.807) is 6.20 Å². The second-order valence-corrected chi connectivity index (χ2v) is 8.17. The van der Waals surface area contributed by atoms with Crippen molar-refractivity contribution in [1.82, 2.24) is 19.9 Å². The third-order valence-electron chi connectivity index (χ3n) is 5.56. The number of aromatic nitrogens is 4. The molecule has 1 fully saturated rings. The Hall–Kier alpha value is -3.48. The molecule has 1 amide bonds. The summed E-state index contributed by atoms with van der Waals surface area (Å²) in [5.74, 6) is 2.11. The Morgan fingerprint density at radius 1 is 1.20 bits per heavy atom. The molecule has 2 aromatic rings. The van der Waals surface area contributed by atoms with E-state index in [2.05, 4.69) is 35.9 Å². The lowest BCUT2D eigenvalue weighted by molar-refractivity contribution is -0.118. The normalized spacial score (nSPS) is 22.6. The van der Waals surface area contributed by atoms with Gasteiger partial charge in [-0.25, -0.2) is 15.0 Å². The maximum Gasteiger partial charge on any atom is 0.247 e. The molecule has 1 aliphatic heterocycles. The Morgan fingerprint density at radius 2 is 1.93 bits per heavy atom. The van der Waals surface area contributed by atoms with Gasteiger partial charge in [-0.15, -0.1) is 0 Å². The van der Waals surface area contributed by atoms with Gasteiger partial charge < -0.3 is 20.9 Å². The van der Waals surface area contributed by atoms with Crippen molar-refractivity contribution in [1.29, 1.82) is 5.26 Å². The highest BCUT2D eigenvalue weighted by Gasteiger charge is 2.36. The summed E-state index contributed by atoms with van der Waals surface area (Å²) in [6.07, 6.45) is 4.81. The van der Waals surface area contributed by atoms with Gasteiger partial charge in [0.05, 0.1) is 18.1 Å². The molecule has 0 saturated heterocycles. The van der Waals surface area contributed by atoms with Crippen LogP contribution in [0.3, 0.4) is 0 Å². The van der Waals surface area contributed by atoms with Crippen molar-refractivity contribution in [2.45, 2.75) is 51.7 Å². The molecule has 1 saturated carbocycles. The first-order valence-electron chi connectivity index (χ1n) is 10.0. The summed E-state index contributed by atoms with van der Waals surface area (Å²) in [7, 11) is 1.90. The van der Waals surface area contributed by atoms with Gasteiger partial charge in [0.25, 0.3) is 0 Å². The van der Waals surface area contributed by atoms with Crippen LogP contribution in [-0.2, 0) is 4.79 Å². The average molecular weight is 407 g/mol. The van der Waals surface area contributed by atoms with Crippen molar-refractivity contribution in [2.75, 3.05) is 27.9 Å². The number of hydrogen-bond donors (Lipinski definition) is 3. The lowest BCUT2D eigenvalue weighted by Gasteiger charge is -2.38. The monoisotopic (exact) mass is 407 g/mol. The van der Waals surface area contributed by atoms with E-state index in [1.807, 2.05) is 38.8 Å². The highest BCUT2D eigenvalue weighted by Crippen LogP contribution is 2.35. The molecule has 1 unspecified atom stereocenters. The second kappa shape index (κ2) is 7.74. The number of nitrogens with zero attached hydrogens (tertiary/aromatic N) is 6. The molecule has 10 nitrogen and oxygen atoms in total. The minimum Gasteiger partial charge on any atom is -0.366 e. The summed E-state index contributed by atoms with van der Waals surface area (Å²) >= 11 is 0. The van der Waals surface area contributed by atoms with Crippen molar-refractivity contribution < 1.29 is 4.79 Å². The van der Waals surface area contributed by atoms with Crippen molar-refractivity contribution in [2.24, 2.45) is 5.92 Å². The van der Waals surface area contributed by atoms with Crippen LogP contribution in [0.25, 0.3) is 0 Å². The Morgan fingerprint density at radius 3 is 2.57 bits per heavy atom. The number of aryl methyl sites for hydroxylation is 1. The zero-order valence-corrected chi connectivity index (χ0v) is 17.5. The molecule has 2 aromatic heterocycles. The first-order valence-corrected chi connectivity index (χ1v) is 10.0. The molecule has 10 heteroatoms. The fourth-order valence-electron chi connectivity index (χ4n) is 3.98. The Kier molecular flexibility index (Phi) is 5.11. The first-order chi connectivity index (χ1) is 14.4. The molecule has 30 heavy (non-hydrogen) atoms.